The van der Waals surface area contributed by atoms with E-state index in [-0.39, 0.29) is 0 Å². The number of nitrogens with zero attached hydrogens (tertiary/aromatic N) is 1. The average molecular weight is 287 g/mol. The average Bonchev–Trinajstić information content (AvgIpc) is 2.40. The van der Waals surface area contributed by atoms with Crippen molar-refractivity contribution in [1.82, 2.24) is 5.43 Å². The van der Waals surface area contributed by atoms with E-state index in [0.29, 0.717) is 6.54 Å². The highest BCUT2D eigenvalue weighted by Crippen LogP contribution is 2.15. The van der Waals surface area contributed by atoms with E-state index in [4.69, 9.17) is 11.6 Å². The number of hydrogen-bond acceptors (Lipinski definition) is 2. The molecule has 2 nitrogen and oxygen atoms in total. The second-order valence-electron chi connectivity index (χ2n) is 4.94. The van der Waals surface area contributed by atoms with Gasteiger partial charge in [-0.1, -0.05) is 53.6 Å². The fourth-order valence-corrected chi connectivity index (χ4v) is 2.37. The summed E-state index contributed by atoms with van der Waals surface area (Å²) in [5.41, 5.74) is 8.79. The molecule has 2 rings (SSSR count). The molecule has 0 unspecified atom stereocenters. The van der Waals surface area contributed by atoms with Gasteiger partial charge in [-0.05, 0) is 38.0 Å². The molecule has 0 saturated carbocycles. The van der Waals surface area contributed by atoms with Gasteiger partial charge in [-0.15, -0.1) is 0 Å². The van der Waals surface area contributed by atoms with Crippen molar-refractivity contribution in [3.05, 3.63) is 69.7 Å². The van der Waals surface area contributed by atoms with Crippen LogP contribution in [0.5, 0.6) is 0 Å². The van der Waals surface area contributed by atoms with Crippen molar-refractivity contribution in [2.24, 2.45) is 5.10 Å². The van der Waals surface area contributed by atoms with Gasteiger partial charge in [0, 0.05) is 10.6 Å². The number of halogens is 1. The first-order valence-electron chi connectivity index (χ1n) is 6.66. The molecule has 0 spiro atoms. The van der Waals surface area contributed by atoms with Gasteiger partial charge in [-0.3, -0.25) is 0 Å². The van der Waals surface area contributed by atoms with Crippen molar-refractivity contribution < 1.29 is 0 Å². The van der Waals surface area contributed by atoms with Gasteiger partial charge in [0.15, 0.2) is 0 Å². The SMILES string of the molecule is C/C(=N/NCc1ccccc1Cl)c1ccc(C)cc1C. The van der Waals surface area contributed by atoms with E-state index in [9.17, 15) is 0 Å². The van der Waals surface area contributed by atoms with Gasteiger partial charge in [0.1, 0.15) is 0 Å². The minimum atomic E-state index is 0.627. The van der Waals surface area contributed by atoms with E-state index in [1.165, 1.54) is 16.7 Å². The van der Waals surface area contributed by atoms with Crippen LogP contribution in [0.1, 0.15) is 29.2 Å². The maximum Gasteiger partial charge on any atom is 0.0647 e. The lowest BCUT2D eigenvalue weighted by atomic mass is 10.0. The summed E-state index contributed by atoms with van der Waals surface area (Å²) in [7, 11) is 0. The number of rotatable bonds is 4. The van der Waals surface area contributed by atoms with Crippen LogP contribution in [0.3, 0.4) is 0 Å². The number of hydrogen-bond donors (Lipinski definition) is 1. The molecule has 0 heterocycles. The molecule has 0 aromatic heterocycles. The molecule has 0 amide bonds. The van der Waals surface area contributed by atoms with Crippen molar-refractivity contribution in [2.75, 3.05) is 0 Å². The predicted molar refractivity (Wildman–Crippen MR) is 86.4 cm³/mol. The number of nitrogens with one attached hydrogen (secondary N) is 1. The fraction of sp³-hybridized carbons (Fsp3) is 0.235. The Morgan fingerprint density at radius 3 is 2.60 bits per heavy atom. The Kier molecular flexibility index (Phi) is 4.80. The van der Waals surface area contributed by atoms with Gasteiger partial charge in [0.2, 0.25) is 0 Å². The largest absolute Gasteiger partial charge is 0.305 e. The first kappa shape index (κ1) is 14.6. The van der Waals surface area contributed by atoms with Crippen molar-refractivity contribution in [1.29, 1.82) is 0 Å². The summed E-state index contributed by atoms with van der Waals surface area (Å²) in [6.07, 6.45) is 0. The lowest BCUT2D eigenvalue weighted by Gasteiger charge is -2.08. The normalized spacial score (nSPS) is 11.5. The third-order valence-electron chi connectivity index (χ3n) is 3.25. The summed E-state index contributed by atoms with van der Waals surface area (Å²) in [4.78, 5) is 0. The molecule has 0 saturated heterocycles. The molecular formula is C17H19ClN2. The van der Waals surface area contributed by atoms with E-state index in [1.807, 2.05) is 31.2 Å². The molecule has 2 aromatic rings. The summed E-state index contributed by atoms with van der Waals surface area (Å²) in [6.45, 7) is 6.84. The highest BCUT2D eigenvalue weighted by Gasteiger charge is 2.02. The minimum Gasteiger partial charge on any atom is -0.305 e. The van der Waals surface area contributed by atoms with E-state index >= 15 is 0 Å². The zero-order chi connectivity index (χ0) is 14.5. The molecule has 0 bridgehead atoms. The van der Waals surface area contributed by atoms with Crippen molar-refractivity contribution >= 4 is 17.3 Å². The summed E-state index contributed by atoms with van der Waals surface area (Å²) in [6, 6.07) is 14.2. The third kappa shape index (κ3) is 3.61. The van der Waals surface area contributed by atoms with Gasteiger partial charge in [0.25, 0.3) is 0 Å². The van der Waals surface area contributed by atoms with E-state index in [2.05, 4.69) is 42.6 Å². The quantitative estimate of drug-likeness (QED) is 0.651. The lowest BCUT2D eigenvalue weighted by molar-refractivity contribution is 0.744. The highest BCUT2D eigenvalue weighted by molar-refractivity contribution is 6.31. The van der Waals surface area contributed by atoms with Crippen molar-refractivity contribution in [2.45, 2.75) is 27.3 Å². The first-order valence-corrected chi connectivity index (χ1v) is 7.04. The van der Waals surface area contributed by atoms with Gasteiger partial charge in [0.05, 0.1) is 12.3 Å². The molecule has 0 aliphatic heterocycles. The van der Waals surface area contributed by atoms with Crippen LogP contribution in [-0.4, -0.2) is 5.71 Å². The smallest absolute Gasteiger partial charge is 0.0647 e. The molecular weight excluding hydrogens is 268 g/mol. The molecule has 1 N–H and O–H groups in total. The van der Waals surface area contributed by atoms with Crippen LogP contribution in [0.4, 0.5) is 0 Å². The molecule has 104 valence electrons. The Hall–Kier alpha value is -1.80. The van der Waals surface area contributed by atoms with Gasteiger partial charge in [-0.25, -0.2) is 0 Å². The summed E-state index contributed by atoms with van der Waals surface area (Å²) < 4.78 is 0. The minimum absolute atomic E-state index is 0.627. The Morgan fingerprint density at radius 2 is 1.90 bits per heavy atom. The molecule has 2 aromatic carbocycles. The van der Waals surface area contributed by atoms with Crippen molar-refractivity contribution in [3.63, 3.8) is 0 Å². The molecule has 0 aliphatic carbocycles. The third-order valence-corrected chi connectivity index (χ3v) is 3.61. The molecule has 0 radical (unpaired) electrons. The topological polar surface area (TPSA) is 24.4 Å². The molecule has 3 heteroatoms. The van der Waals surface area contributed by atoms with Crippen LogP contribution in [0.15, 0.2) is 47.6 Å². The second-order valence-corrected chi connectivity index (χ2v) is 5.35. The van der Waals surface area contributed by atoms with Crippen LogP contribution in [-0.2, 0) is 6.54 Å². The Balaban J connectivity index is 2.06. The molecule has 0 atom stereocenters. The molecule has 0 fully saturated rings. The standard InChI is InChI=1S/C17H19ClN2/c1-12-8-9-16(13(2)10-12)14(3)20-19-11-15-6-4-5-7-17(15)18/h4-10,19H,11H2,1-3H3/b20-14-. The number of benzene rings is 2. The Labute approximate surface area is 125 Å². The summed E-state index contributed by atoms with van der Waals surface area (Å²) in [5.74, 6) is 0. The van der Waals surface area contributed by atoms with Crippen LogP contribution >= 0.6 is 11.6 Å². The molecule has 20 heavy (non-hydrogen) atoms. The van der Waals surface area contributed by atoms with E-state index in [0.717, 1.165) is 16.3 Å². The van der Waals surface area contributed by atoms with Gasteiger partial charge >= 0.3 is 0 Å². The number of aryl methyl sites for hydroxylation is 2. The summed E-state index contributed by atoms with van der Waals surface area (Å²) >= 11 is 6.11. The van der Waals surface area contributed by atoms with Crippen LogP contribution < -0.4 is 5.43 Å². The molecule has 0 aliphatic rings. The van der Waals surface area contributed by atoms with Gasteiger partial charge in [-0.2, -0.15) is 5.10 Å². The van der Waals surface area contributed by atoms with Crippen LogP contribution in [0.2, 0.25) is 5.02 Å². The Morgan fingerprint density at radius 1 is 1.15 bits per heavy atom. The van der Waals surface area contributed by atoms with E-state index in [1.54, 1.807) is 0 Å². The van der Waals surface area contributed by atoms with E-state index < -0.39 is 0 Å². The second kappa shape index (κ2) is 6.58. The maximum atomic E-state index is 6.11. The Bertz CT molecular complexity index is 633. The fourth-order valence-electron chi connectivity index (χ4n) is 2.16. The van der Waals surface area contributed by atoms with Gasteiger partial charge < -0.3 is 5.43 Å². The summed E-state index contributed by atoms with van der Waals surface area (Å²) in [5, 5.41) is 5.19. The zero-order valence-corrected chi connectivity index (χ0v) is 12.8. The van der Waals surface area contributed by atoms with Crippen LogP contribution in [0.25, 0.3) is 0 Å². The lowest BCUT2D eigenvalue weighted by Crippen LogP contribution is -2.10. The number of hydrazone groups is 1. The highest BCUT2D eigenvalue weighted by atomic mass is 35.5. The zero-order valence-electron chi connectivity index (χ0n) is 12.1. The van der Waals surface area contributed by atoms with Crippen molar-refractivity contribution in [3.8, 4) is 0 Å². The predicted octanol–water partition coefficient (Wildman–Crippen LogP) is 4.47. The first-order chi connectivity index (χ1) is 9.58. The van der Waals surface area contributed by atoms with Crippen LogP contribution in [0, 0.1) is 13.8 Å². The monoisotopic (exact) mass is 286 g/mol. The maximum absolute atomic E-state index is 6.11.